The molecule has 0 saturated heterocycles. The number of aliphatic carboxylic acids is 1. The van der Waals surface area contributed by atoms with Crippen molar-refractivity contribution in [2.24, 2.45) is 0 Å². The summed E-state index contributed by atoms with van der Waals surface area (Å²) in [6.07, 6.45) is 8.44. The fraction of sp³-hybridized carbons (Fsp3) is 0.579. The quantitative estimate of drug-likeness (QED) is 0.395. The molecule has 0 heterocycles. The molecule has 1 aromatic carbocycles. The maximum absolute atomic E-state index is 11.9. The molecule has 1 atom stereocenters. The molecular weight excluding hydrogens is 329 g/mol. The molecule has 25 heavy (non-hydrogen) atoms. The molecule has 0 spiro atoms. The molecule has 0 aliphatic carbocycles. The summed E-state index contributed by atoms with van der Waals surface area (Å²) in [6, 6.07) is 5.40. The van der Waals surface area contributed by atoms with Gasteiger partial charge in [0.15, 0.2) is 0 Å². The van der Waals surface area contributed by atoms with E-state index in [4.69, 9.17) is 0 Å². The van der Waals surface area contributed by atoms with Crippen molar-refractivity contribution in [2.75, 3.05) is 0 Å². The number of aromatic hydroxyl groups is 1. The molecular formula is C19H30NNaO4. The molecule has 0 radical (unpaired) electrons. The van der Waals surface area contributed by atoms with Gasteiger partial charge in [0.05, 0.1) is 0 Å². The molecule has 0 fully saturated rings. The van der Waals surface area contributed by atoms with Crippen LogP contribution in [-0.4, -0.2) is 57.7 Å². The second-order valence-electron chi connectivity index (χ2n) is 6.20. The van der Waals surface area contributed by atoms with Crippen molar-refractivity contribution in [1.82, 2.24) is 5.32 Å². The summed E-state index contributed by atoms with van der Waals surface area (Å²) in [7, 11) is 0. The van der Waals surface area contributed by atoms with Gasteiger partial charge in [-0.3, -0.25) is 4.79 Å². The number of rotatable bonds is 12. The Morgan fingerprint density at radius 1 is 1.00 bits per heavy atom. The third-order valence-corrected chi connectivity index (χ3v) is 4.02. The molecule has 0 aliphatic rings. The first-order valence-corrected chi connectivity index (χ1v) is 8.83. The van der Waals surface area contributed by atoms with Gasteiger partial charge in [-0.05, 0) is 24.1 Å². The maximum atomic E-state index is 11.9. The molecule has 3 N–H and O–H groups in total. The molecule has 1 amide bonds. The third-order valence-electron chi connectivity index (χ3n) is 4.02. The van der Waals surface area contributed by atoms with Gasteiger partial charge in [0, 0.05) is 12.8 Å². The van der Waals surface area contributed by atoms with Crippen LogP contribution in [0.3, 0.4) is 0 Å². The second kappa shape index (κ2) is 14.2. The van der Waals surface area contributed by atoms with E-state index in [1.54, 1.807) is 12.1 Å². The van der Waals surface area contributed by atoms with Crippen LogP contribution in [-0.2, 0) is 16.0 Å². The van der Waals surface area contributed by atoms with Crippen LogP contribution in [0, 0.1) is 0 Å². The Kier molecular flexibility index (Phi) is 13.6. The van der Waals surface area contributed by atoms with Crippen molar-refractivity contribution in [3.05, 3.63) is 29.8 Å². The summed E-state index contributed by atoms with van der Waals surface area (Å²) in [6.45, 7) is 2.18. The molecule has 0 aliphatic heterocycles. The van der Waals surface area contributed by atoms with E-state index < -0.39 is 12.0 Å². The zero-order valence-corrected chi connectivity index (χ0v) is 14.5. The molecule has 136 valence electrons. The Bertz CT molecular complexity index is 505. The van der Waals surface area contributed by atoms with Gasteiger partial charge in [-0.2, -0.15) is 0 Å². The number of unbranched alkanes of at least 4 members (excludes halogenated alkanes) is 6. The number of carbonyl (C=O) groups is 2. The van der Waals surface area contributed by atoms with E-state index in [0.717, 1.165) is 24.8 Å². The first kappa shape index (κ1) is 24.0. The number of hydrogen-bond acceptors (Lipinski definition) is 3. The Hall–Kier alpha value is -1.04. The third kappa shape index (κ3) is 11.2. The van der Waals surface area contributed by atoms with Crippen LogP contribution in [0.4, 0.5) is 0 Å². The van der Waals surface area contributed by atoms with Crippen LogP contribution in [0.25, 0.3) is 0 Å². The van der Waals surface area contributed by atoms with E-state index in [2.05, 4.69) is 12.2 Å². The number of benzene rings is 1. The molecule has 1 rings (SSSR count). The number of carbonyl (C=O) groups excluding carboxylic acids is 1. The van der Waals surface area contributed by atoms with E-state index in [-0.39, 0.29) is 47.6 Å². The minimum atomic E-state index is -1.05. The molecule has 0 aromatic heterocycles. The molecule has 6 heteroatoms. The van der Waals surface area contributed by atoms with Crippen LogP contribution < -0.4 is 5.32 Å². The van der Waals surface area contributed by atoms with Gasteiger partial charge >= 0.3 is 35.5 Å². The first-order chi connectivity index (χ1) is 11.5. The molecule has 5 nitrogen and oxygen atoms in total. The fourth-order valence-corrected chi connectivity index (χ4v) is 2.58. The standard InChI is InChI=1S/C19H29NO4.Na.H/c1-2-3-4-5-6-7-8-9-18(22)20-17(19(23)24)14-15-10-12-16(21)13-11-15;;/h10-13,17,21H,2-9,14H2,1H3,(H,20,22)(H,23,24);;/t17-;;/m0../s1. The summed E-state index contributed by atoms with van der Waals surface area (Å²) in [5.41, 5.74) is 0.761. The van der Waals surface area contributed by atoms with E-state index in [1.165, 1.54) is 37.8 Å². The minimum absolute atomic E-state index is 0. The van der Waals surface area contributed by atoms with Crippen LogP contribution in [0.5, 0.6) is 5.75 Å². The summed E-state index contributed by atoms with van der Waals surface area (Å²) in [4.78, 5) is 23.2. The Morgan fingerprint density at radius 2 is 1.56 bits per heavy atom. The Balaban J connectivity index is 0.00000576. The topological polar surface area (TPSA) is 86.6 Å². The van der Waals surface area contributed by atoms with Gasteiger partial charge in [0.2, 0.25) is 5.91 Å². The van der Waals surface area contributed by atoms with Gasteiger partial charge in [0.25, 0.3) is 0 Å². The van der Waals surface area contributed by atoms with Crippen LogP contribution in [0.15, 0.2) is 24.3 Å². The fourth-order valence-electron chi connectivity index (χ4n) is 2.58. The SMILES string of the molecule is CCCCCCCCCC(=O)N[C@@H](Cc1ccc(O)cc1)C(=O)O.[NaH]. The monoisotopic (exact) mass is 359 g/mol. The van der Waals surface area contributed by atoms with Gasteiger partial charge in [-0.15, -0.1) is 0 Å². The van der Waals surface area contributed by atoms with Crippen molar-refractivity contribution < 1.29 is 19.8 Å². The van der Waals surface area contributed by atoms with Crippen molar-refractivity contribution in [1.29, 1.82) is 0 Å². The predicted octanol–water partition coefficient (Wildman–Crippen LogP) is 3.00. The van der Waals surface area contributed by atoms with Crippen molar-refractivity contribution in [2.45, 2.75) is 70.8 Å². The summed E-state index contributed by atoms with van der Waals surface area (Å²) >= 11 is 0. The van der Waals surface area contributed by atoms with Gasteiger partial charge in [0.1, 0.15) is 11.8 Å². The zero-order valence-electron chi connectivity index (χ0n) is 14.5. The number of carboxylic acids is 1. The van der Waals surface area contributed by atoms with Crippen molar-refractivity contribution in [3.63, 3.8) is 0 Å². The predicted molar refractivity (Wildman–Crippen MR) is 101 cm³/mol. The molecule has 0 bridgehead atoms. The number of phenols is 1. The van der Waals surface area contributed by atoms with Gasteiger partial charge in [-0.25, -0.2) is 4.79 Å². The van der Waals surface area contributed by atoms with Crippen LogP contribution >= 0.6 is 0 Å². The van der Waals surface area contributed by atoms with Crippen molar-refractivity contribution in [3.8, 4) is 5.75 Å². The molecule has 0 unspecified atom stereocenters. The Morgan fingerprint density at radius 3 is 2.12 bits per heavy atom. The van der Waals surface area contributed by atoms with Gasteiger partial charge in [-0.1, -0.05) is 57.6 Å². The number of phenolic OH excluding ortho intramolecular Hbond substituents is 1. The van der Waals surface area contributed by atoms with E-state index >= 15 is 0 Å². The Labute approximate surface area is 172 Å². The van der Waals surface area contributed by atoms with Crippen molar-refractivity contribution >= 4 is 41.4 Å². The number of amides is 1. The second-order valence-corrected chi connectivity index (χ2v) is 6.20. The summed E-state index contributed by atoms with van der Waals surface area (Å²) in [5.74, 6) is -1.13. The average molecular weight is 359 g/mol. The molecule has 0 saturated carbocycles. The zero-order chi connectivity index (χ0) is 17.8. The van der Waals surface area contributed by atoms with E-state index in [9.17, 15) is 19.8 Å². The molecule has 1 aromatic rings. The van der Waals surface area contributed by atoms with Crippen LogP contribution in [0.1, 0.15) is 63.9 Å². The summed E-state index contributed by atoms with van der Waals surface area (Å²) < 4.78 is 0. The van der Waals surface area contributed by atoms with E-state index in [0.29, 0.717) is 6.42 Å². The van der Waals surface area contributed by atoms with Crippen LogP contribution in [0.2, 0.25) is 0 Å². The average Bonchev–Trinajstić information content (AvgIpc) is 2.55. The number of carboxylic acid groups (broad SMARTS) is 1. The summed E-state index contributed by atoms with van der Waals surface area (Å²) in [5, 5.41) is 21.1. The number of hydrogen-bond donors (Lipinski definition) is 3. The number of nitrogens with one attached hydrogen (secondary N) is 1. The van der Waals surface area contributed by atoms with E-state index in [1.807, 2.05) is 0 Å². The first-order valence-electron chi connectivity index (χ1n) is 8.83. The normalized spacial score (nSPS) is 11.4. The van der Waals surface area contributed by atoms with Gasteiger partial charge < -0.3 is 15.5 Å².